The van der Waals surface area contributed by atoms with Crippen LogP contribution in [0.2, 0.25) is 10.0 Å². The lowest BCUT2D eigenvalue weighted by Crippen LogP contribution is -2.48. The number of carbonyl (C=O) groups is 1. The van der Waals surface area contributed by atoms with Gasteiger partial charge in [0, 0.05) is 26.2 Å². The largest absolute Gasteiger partial charge is 0.368 e. The molecule has 2 aromatic carbocycles. The second kappa shape index (κ2) is 8.30. The summed E-state index contributed by atoms with van der Waals surface area (Å²) in [5.41, 5.74) is 3.82. The number of hydrogen-bond acceptors (Lipinski definition) is 3. The monoisotopic (exact) mass is 391 g/mol. The summed E-state index contributed by atoms with van der Waals surface area (Å²) in [6.07, 6.45) is 0. The van der Waals surface area contributed by atoms with Crippen molar-refractivity contribution in [2.45, 2.75) is 13.8 Å². The van der Waals surface area contributed by atoms with E-state index in [0.29, 0.717) is 17.3 Å². The zero-order valence-corrected chi connectivity index (χ0v) is 16.6. The van der Waals surface area contributed by atoms with Crippen molar-refractivity contribution in [2.75, 3.05) is 42.9 Å². The van der Waals surface area contributed by atoms with E-state index < -0.39 is 0 Å². The number of nitrogens with zero attached hydrogens (tertiary/aromatic N) is 2. The van der Waals surface area contributed by atoms with Crippen molar-refractivity contribution in [1.82, 2.24) is 4.90 Å². The third-order valence-corrected chi connectivity index (χ3v) is 5.25. The predicted molar refractivity (Wildman–Crippen MR) is 110 cm³/mol. The summed E-state index contributed by atoms with van der Waals surface area (Å²) >= 11 is 12.6. The second-order valence-corrected chi connectivity index (χ2v) is 7.52. The number of carbonyl (C=O) groups excluding carboxylic acids is 1. The Balaban J connectivity index is 1.55. The third-order valence-electron chi connectivity index (χ3n) is 4.63. The lowest BCUT2D eigenvalue weighted by atomic mass is 10.1. The number of amides is 1. The molecule has 6 heteroatoms. The highest BCUT2D eigenvalue weighted by Crippen LogP contribution is 2.28. The zero-order valence-electron chi connectivity index (χ0n) is 15.1. The number of hydrogen-bond donors (Lipinski definition) is 1. The summed E-state index contributed by atoms with van der Waals surface area (Å²) in [5.74, 6) is -0.0370. The van der Waals surface area contributed by atoms with Crippen LogP contribution in [0.1, 0.15) is 11.1 Å². The first-order valence-electron chi connectivity index (χ1n) is 8.72. The lowest BCUT2D eigenvalue weighted by Gasteiger charge is -2.36. The van der Waals surface area contributed by atoms with E-state index in [4.69, 9.17) is 23.2 Å². The minimum Gasteiger partial charge on any atom is -0.368 e. The first-order valence-corrected chi connectivity index (χ1v) is 9.48. The van der Waals surface area contributed by atoms with Crippen molar-refractivity contribution in [1.29, 1.82) is 0 Å². The number of para-hydroxylation sites is 1. The van der Waals surface area contributed by atoms with Crippen LogP contribution < -0.4 is 10.2 Å². The van der Waals surface area contributed by atoms with Crippen molar-refractivity contribution in [3.05, 3.63) is 57.6 Å². The van der Waals surface area contributed by atoms with Gasteiger partial charge >= 0.3 is 0 Å². The Hall–Kier alpha value is -1.75. The number of halogens is 2. The van der Waals surface area contributed by atoms with Gasteiger partial charge in [-0.05, 0) is 43.2 Å². The molecule has 0 unspecified atom stereocenters. The van der Waals surface area contributed by atoms with Crippen LogP contribution in [0.3, 0.4) is 0 Å². The molecule has 1 amide bonds. The number of rotatable bonds is 4. The van der Waals surface area contributed by atoms with Gasteiger partial charge in [0.25, 0.3) is 0 Å². The van der Waals surface area contributed by atoms with Crippen LogP contribution in [0.5, 0.6) is 0 Å². The van der Waals surface area contributed by atoms with Gasteiger partial charge in [-0.15, -0.1) is 0 Å². The smallest absolute Gasteiger partial charge is 0.238 e. The number of piperazine rings is 1. The van der Waals surface area contributed by atoms with Crippen molar-refractivity contribution in [3.63, 3.8) is 0 Å². The van der Waals surface area contributed by atoms with Gasteiger partial charge in [0.05, 0.1) is 28.0 Å². The molecule has 3 rings (SSSR count). The Bertz CT molecular complexity index is 778. The molecule has 1 N–H and O–H groups in total. The lowest BCUT2D eigenvalue weighted by molar-refractivity contribution is -0.117. The Morgan fingerprint density at radius 1 is 1.04 bits per heavy atom. The molecule has 1 heterocycles. The van der Waals surface area contributed by atoms with Crippen LogP contribution in [-0.2, 0) is 4.79 Å². The van der Waals surface area contributed by atoms with Gasteiger partial charge < -0.3 is 10.2 Å². The molecule has 138 valence electrons. The average molecular weight is 392 g/mol. The number of anilines is 2. The molecule has 26 heavy (non-hydrogen) atoms. The number of aryl methyl sites for hydroxylation is 2. The van der Waals surface area contributed by atoms with Gasteiger partial charge in [-0.1, -0.05) is 41.4 Å². The van der Waals surface area contributed by atoms with Crippen LogP contribution >= 0.6 is 23.2 Å². The predicted octanol–water partition coefficient (Wildman–Crippen LogP) is 4.37. The maximum atomic E-state index is 12.4. The maximum Gasteiger partial charge on any atom is 0.238 e. The van der Waals surface area contributed by atoms with E-state index in [1.54, 1.807) is 0 Å². The Labute approximate surface area is 164 Å². The summed E-state index contributed by atoms with van der Waals surface area (Å²) in [7, 11) is 0. The summed E-state index contributed by atoms with van der Waals surface area (Å²) in [4.78, 5) is 16.8. The van der Waals surface area contributed by atoms with Crippen LogP contribution in [0.15, 0.2) is 36.4 Å². The van der Waals surface area contributed by atoms with Crippen LogP contribution in [-0.4, -0.2) is 43.5 Å². The van der Waals surface area contributed by atoms with E-state index in [2.05, 4.69) is 15.1 Å². The fourth-order valence-electron chi connectivity index (χ4n) is 3.31. The molecule has 1 aliphatic heterocycles. The van der Waals surface area contributed by atoms with Crippen molar-refractivity contribution >= 4 is 40.5 Å². The average Bonchev–Trinajstić information content (AvgIpc) is 2.59. The summed E-state index contributed by atoms with van der Waals surface area (Å²) in [5, 5.41) is 4.31. The fraction of sp³-hybridized carbons (Fsp3) is 0.350. The SMILES string of the molecule is Cc1cc(C)c(NC(=O)CN2CCN(c3ccccc3Cl)CC2)c(Cl)c1. The Morgan fingerprint density at radius 2 is 1.73 bits per heavy atom. The molecule has 2 aromatic rings. The molecule has 0 aliphatic carbocycles. The van der Waals surface area contributed by atoms with E-state index in [1.807, 2.05) is 50.2 Å². The van der Waals surface area contributed by atoms with Gasteiger partial charge in [0.15, 0.2) is 0 Å². The molecule has 1 aliphatic rings. The van der Waals surface area contributed by atoms with Gasteiger partial charge in [-0.3, -0.25) is 9.69 Å². The van der Waals surface area contributed by atoms with Gasteiger partial charge in [-0.2, -0.15) is 0 Å². The van der Waals surface area contributed by atoms with Crippen molar-refractivity contribution < 1.29 is 4.79 Å². The highest BCUT2D eigenvalue weighted by molar-refractivity contribution is 6.34. The van der Waals surface area contributed by atoms with E-state index in [1.165, 1.54) is 0 Å². The second-order valence-electron chi connectivity index (χ2n) is 6.70. The molecule has 0 saturated carbocycles. The number of nitrogens with one attached hydrogen (secondary N) is 1. The molecular weight excluding hydrogens is 369 g/mol. The van der Waals surface area contributed by atoms with Crippen LogP contribution in [0, 0.1) is 13.8 Å². The van der Waals surface area contributed by atoms with E-state index in [9.17, 15) is 4.79 Å². The minimum absolute atomic E-state index is 0.0370. The molecule has 1 saturated heterocycles. The molecule has 0 spiro atoms. The van der Waals surface area contributed by atoms with Crippen molar-refractivity contribution in [3.8, 4) is 0 Å². The molecule has 4 nitrogen and oxygen atoms in total. The molecule has 0 aromatic heterocycles. The van der Waals surface area contributed by atoms with Gasteiger partial charge in [0.2, 0.25) is 5.91 Å². The quantitative estimate of drug-likeness (QED) is 0.839. The molecule has 1 fully saturated rings. The topological polar surface area (TPSA) is 35.6 Å². The van der Waals surface area contributed by atoms with Gasteiger partial charge in [0.1, 0.15) is 0 Å². The Morgan fingerprint density at radius 3 is 2.38 bits per heavy atom. The number of benzene rings is 2. The molecule has 0 atom stereocenters. The standard InChI is InChI=1S/C20H23Cl2N3O/c1-14-11-15(2)20(17(22)12-14)23-19(26)13-24-7-9-25(10-8-24)18-6-4-3-5-16(18)21/h3-6,11-12H,7-10,13H2,1-2H3,(H,23,26). The fourth-order valence-corrected chi connectivity index (χ4v) is 3.93. The van der Waals surface area contributed by atoms with Crippen LogP contribution in [0.4, 0.5) is 11.4 Å². The summed E-state index contributed by atoms with van der Waals surface area (Å²) < 4.78 is 0. The van der Waals surface area contributed by atoms with Crippen LogP contribution in [0.25, 0.3) is 0 Å². The Kier molecular flexibility index (Phi) is 6.07. The molecule has 0 bridgehead atoms. The van der Waals surface area contributed by atoms with Crippen molar-refractivity contribution in [2.24, 2.45) is 0 Å². The minimum atomic E-state index is -0.0370. The molecule has 0 radical (unpaired) electrons. The molecular formula is C20H23Cl2N3O. The normalized spacial score (nSPS) is 15.2. The van der Waals surface area contributed by atoms with E-state index >= 15 is 0 Å². The van der Waals surface area contributed by atoms with E-state index in [0.717, 1.165) is 48.0 Å². The first-order chi connectivity index (χ1) is 12.4. The highest BCUT2D eigenvalue weighted by Gasteiger charge is 2.21. The zero-order chi connectivity index (χ0) is 18.7. The highest BCUT2D eigenvalue weighted by atomic mass is 35.5. The summed E-state index contributed by atoms with van der Waals surface area (Å²) in [6.45, 7) is 7.64. The van der Waals surface area contributed by atoms with Gasteiger partial charge in [-0.25, -0.2) is 0 Å². The third kappa shape index (κ3) is 4.50. The first kappa shape index (κ1) is 19.0. The van der Waals surface area contributed by atoms with E-state index in [-0.39, 0.29) is 5.91 Å². The summed E-state index contributed by atoms with van der Waals surface area (Å²) in [6, 6.07) is 11.8. The maximum absolute atomic E-state index is 12.4.